The molecule has 4 atom stereocenters. The molecule has 0 spiro atoms. The number of nitrogens with one attached hydrogen (secondary N) is 1. The largest absolute Gasteiger partial charge is 0.465 e. The van der Waals surface area contributed by atoms with Gasteiger partial charge in [-0.05, 0) is 25.8 Å². The van der Waals surface area contributed by atoms with Crippen LogP contribution < -0.4 is 5.32 Å². The summed E-state index contributed by atoms with van der Waals surface area (Å²) in [5.41, 5.74) is 0.471. The Labute approximate surface area is 147 Å². The molecule has 0 amide bonds. The number of carbonyl (C=O) groups is 1. The summed E-state index contributed by atoms with van der Waals surface area (Å²) < 4.78 is 16.5. The van der Waals surface area contributed by atoms with Gasteiger partial charge in [-0.15, -0.1) is 0 Å². The molecule has 7 nitrogen and oxygen atoms in total. The van der Waals surface area contributed by atoms with Crippen molar-refractivity contribution in [3.05, 3.63) is 23.2 Å². The highest BCUT2D eigenvalue weighted by molar-refractivity contribution is 5.90. The number of ether oxygens (including phenoxy) is 2. The maximum atomic E-state index is 11.7. The van der Waals surface area contributed by atoms with Crippen molar-refractivity contribution in [3.63, 3.8) is 0 Å². The summed E-state index contributed by atoms with van der Waals surface area (Å²) in [5.74, 6) is 3.04. The molecule has 25 heavy (non-hydrogen) atoms. The summed E-state index contributed by atoms with van der Waals surface area (Å²) in [4.78, 5) is 18.4. The number of esters is 1. The molecule has 1 aromatic rings. The lowest BCUT2D eigenvalue weighted by Gasteiger charge is -2.23. The van der Waals surface area contributed by atoms with Crippen LogP contribution in [0.25, 0.3) is 0 Å². The van der Waals surface area contributed by atoms with E-state index in [9.17, 15) is 4.79 Å². The van der Waals surface area contributed by atoms with Gasteiger partial charge in [0.05, 0.1) is 25.9 Å². The van der Waals surface area contributed by atoms with Gasteiger partial charge in [-0.2, -0.15) is 0 Å². The molecule has 136 valence electrons. The SMILES string of the molecule is CN=C(NCc1cc(C(=O)OC)c(C)o1)N1CC2C3CCC(O3)C2C1. The van der Waals surface area contributed by atoms with Crippen LogP contribution >= 0.6 is 0 Å². The van der Waals surface area contributed by atoms with Gasteiger partial charge < -0.3 is 24.1 Å². The summed E-state index contributed by atoms with van der Waals surface area (Å²) in [5, 5.41) is 3.35. The first-order valence-electron chi connectivity index (χ1n) is 8.89. The summed E-state index contributed by atoms with van der Waals surface area (Å²) >= 11 is 0. The van der Waals surface area contributed by atoms with Gasteiger partial charge in [-0.25, -0.2) is 4.79 Å². The fourth-order valence-corrected chi connectivity index (χ4v) is 4.57. The van der Waals surface area contributed by atoms with Crippen molar-refractivity contribution in [1.29, 1.82) is 0 Å². The molecule has 3 fully saturated rings. The van der Waals surface area contributed by atoms with Crippen molar-refractivity contribution in [3.8, 4) is 0 Å². The summed E-state index contributed by atoms with van der Waals surface area (Å²) in [7, 11) is 3.17. The van der Waals surface area contributed by atoms with Crippen molar-refractivity contribution in [2.75, 3.05) is 27.2 Å². The van der Waals surface area contributed by atoms with Gasteiger partial charge >= 0.3 is 5.97 Å². The van der Waals surface area contributed by atoms with Crippen molar-refractivity contribution < 1.29 is 18.7 Å². The predicted molar refractivity (Wildman–Crippen MR) is 91.4 cm³/mol. The Morgan fingerprint density at radius 2 is 2.04 bits per heavy atom. The number of fused-ring (bicyclic) bond motifs is 5. The molecule has 2 bridgehead atoms. The minimum absolute atomic E-state index is 0.375. The summed E-state index contributed by atoms with van der Waals surface area (Å²) in [6, 6.07) is 1.73. The van der Waals surface area contributed by atoms with E-state index in [1.807, 2.05) is 0 Å². The van der Waals surface area contributed by atoms with Crippen molar-refractivity contribution >= 4 is 11.9 Å². The van der Waals surface area contributed by atoms with Crippen molar-refractivity contribution in [2.24, 2.45) is 16.8 Å². The number of methoxy groups -OCH3 is 1. The smallest absolute Gasteiger partial charge is 0.341 e. The van der Waals surface area contributed by atoms with E-state index in [1.165, 1.54) is 20.0 Å². The lowest BCUT2D eigenvalue weighted by atomic mass is 9.82. The molecule has 4 heterocycles. The third-order valence-electron chi connectivity index (χ3n) is 5.76. The van der Waals surface area contributed by atoms with E-state index in [1.54, 1.807) is 20.0 Å². The van der Waals surface area contributed by atoms with Crippen LogP contribution in [0, 0.1) is 18.8 Å². The second kappa shape index (κ2) is 6.37. The van der Waals surface area contributed by atoms with Crippen LogP contribution in [0.2, 0.25) is 0 Å². The van der Waals surface area contributed by atoms with Gasteiger partial charge in [0.25, 0.3) is 0 Å². The number of furan rings is 1. The molecule has 0 aromatic carbocycles. The van der Waals surface area contributed by atoms with Gasteiger partial charge in [0.1, 0.15) is 17.1 Å². The molecule has 0 saturated carbocycles. The lowest BCUT2D eigenvalue weighted by Crippen LogP contribution is -2.40. The van der Waals surface area contributed by atoms with Crippen LogP contribution in [0.3, 0.4) is 0 Å². The van der Waals surface area contributed by atoms with E-state index in [4.69, 9.17) is 13.9 Å². The van der Waals surface area contributed by atoms with Gasteiger partial charge in [0.15, 0.2) is 5.96 Å². The minimum Gasteiger partial charge on any atom is -0.465 e. The number of likely N-dealkylation sites (tertiary alicyclic amines) is 1. The van der Waals surface area contributed by atoms with Gasteiger partial charge in [-0.1, -0.05) is 0 Å². The van der Waals surface area contributed by atoms with Crippen LogP contribution in [-0.2, 0) is 16.0 Å². The Morgan fingerprint density at radius 1 is 1.36 bits per heavy atom. The first-order valence-corrected chi connectivity index (χ1v) is 8.89. The molecular formula is C18H25N3O4. The molecule has 7 heteroatoms. The van der Waals surface area contributed by atoms with Crippen LogP contribution in [-0.4, -0.2) is 56.3 Å². The van der Waals surface area contributed by atoms with E-state index < -0.39 is 0 Å². The summed E-state index contributed by atoms with van der Waals surface area (Å²) in [6.45, 7) is 4.24. The molecular weight excluding hydrogens is 322 g/mol. The highest BCUT2D eigenvalue weighted by Gasteiger charge is 2.53. The topological polar surface area (TPSA) is 76.3 Å². The van der Waals surface area contributed by atoms with Crippen molar-refractivity contribution in [1.82, 2.24) is 10.2 Å². The Kier molecular flexibility index (Phi) is 4.19. The highest BCUT2D eigenvalue weighted by Crippen LogP contribution is 2.47. The van der Waals surface area contributed by atoms with Crippen LogP contribution in [0.4, 0.5) is 0 Å². The van der Waals surface area contributed by atoms with E-state index >= 15 is 0 Å². The molecule has 3 aliphatic rings. The molecule has 0 aliphatic carbocycles. The van der Waals surface area contributed by atoms with E-state index in [0.29, 0.717) is 47.7 Å². The third-order valence-corrected chi connectivity index (χ3v) is 5.76. The standard InChI is InChI=1S/C18H25N3O4/c1-10-12(17(22)23-3)6-11(24-10)7-20-18(19-2)21-8-13-14(9-21)16-5-4-15(13)25-16/h6,13-16H,4-5,7-9H2,1-3H3,(H,19,20). The Bertz CT molecular complexity index is 680. The Balaban J connectivity index is 1.38. The maximum Gasteiger partial charge on any atom is 0.341 e. The van der Waals surface area contributed by atoms with E-state index in [-0.39, 0.29) is 5.97 Å². The van der Waals surface area contributed by atoms with Crippen LogP contribution in [0.15, 0.2) is 15.5 Å². The van der Waals surface area contributed by atoms with Crippen LogP contribution in [0.1, 0.15) is 34.7 Å². The molecule has 4 rings (SSSR count). The second-order valence-electron chi connectivity index (χ2n) is 7.10. The van der Waals surface area contributed by atoms with E-state index in [2.05, 4.69) is 15.2 Å². The van der Waals surface area contributed by atoms with Gasteiger partial charge in [-0.3, -0.25) is 4.99 Å². The zero-order chi connectivity index (χ0) is 17.6. The third kappa shape index (κ3) is 2.80. The van der Waals surface area contributed by atoms with Crippen molar-refractivity contribution in [2.45, 2.75) is 38.5 Å². The summed E-state index contributed by atoms with van der Waals surface area (Å²) in [6.07, 6.45) is 3.28. The predicted octanol–water partition coefficient (Wildman–Crippen LogP) is 1.56. The monoisotopic (exact) mass is 347 g/mol. The first kappa shape index (κ1) is 16.4. The number of guanidine groups is 1. The zero-order valence-electron chi connectivity index (χ0n) is 14.9. The van der Waals surface area contributed by atoms with Gasteiger partial charge in [0, 0.05) is 32.0 Å². The van der Waals surface area contributed by atoms with Gasteiger partial charge in [0.2, 0.25) is 0 Å². The number of hydrogen-bond acceptors (Lipinski definition) is 5. The quantitative estimate of drug-likeness (QED) is 0.508. The number of hydrogen-bond donors (Lipinski definition) is 1. The molecule has 1 N–H and O–H groups in total. The maximum absolute atomic E-state index is 11.7. The second-order valence-corrected chi connectivity index (χ2v) is 7.10. The molecule has 1 aromatic heterocycles. The Hall–Kier alpha value is -2.02. The average molecular weight is 347 g/mol. The normalized spacial score (nSPS) is 30.7. The number of rotatable bonds is 3. The number of aryl methyl sites for hydroxylation is 1. The molecule has 3 saturated heterocycles. The molecule has 3 aliphatic heterocycles. The fourth-order valence-electron chi connectivity index (χ4n) is 4.57. The average Bonchev–Trinajstić information content (AvgIpc) is 3.36. The van der Waals surface area contributed by atoms with E-state index in [0.717, 1.165) is 19.0 Å². The molecule has 4 unspecified atom stereocenters. The lowest BCUT2D eigenvalue weighted by molar-refractivity contribution is 0.0598. The Morgan fingerprint density at radius 3 is 2.64 bits per heavy atom. The number of aliphatic imine (C=N–C) groups is 1. The molecule has 0 radical (unpaired) electrons. The zero-order valence-corrected chi connectivity index (χ0v) is 14.9. The highest BCUT2D eigenvalue weighted by atomic mass is 16.5. The first-order chi connectivity index (χ1) is 12.1. The fraction of sp³-hybridized carbons (Fsp3) is 0.667. The minimum atomic E-state index is -0.375. The number of nitrogens with zero attached hydrogens (tertiary/aromatic N) is 2. The number of carbonyl (C=O) groups excluding carboxylic acids is 1. The van der Waals surface area contributed by atoms with Crippen LogP contribution in [0.5, 0.6) is 0 Å².